The highest BCUT2D eigenvalue weighted by atomic mass is 79.9. The van der Waals surface area contributed by atoms with Crippen LogP contribution in [0.5, 0.6) is 0 Å². The fourth-order valence-corrected chi connectivity index (χ4v) is 2.69. The van der Waals surface area contributed by atoms with Gasteiger partial charge >= 0.3 is 0 Å². The molecule has 5 heteroatoms. The van der Waals surface area contributed by atoms with Crippen molar-refractivity contribution in [2.24, 2.45) is 0 Å². The Hall–Kier alpha value is -0.0600. The first-order chi connectivity index (χ1) is 6.99. The van der Waals surface area contributed by atoms with Gasteiger partial charge in [-0.1, -0.05) is 0 Å². The Kier molecular flexibility index (Phi) is 5.09. The van der Waals surface area contributed by atoms with Crippen LogP contribution in [-0.2, 0) is 0 Å². The van der Waals surface area contributed by atoms with Crippen molar-refractivity contribution in [1.82, 2.24) is 5.32 Å². The van der Waals surface area contributed by atoms with E-state index in [1.165, 1.54) is 11.3 Å². The standard InChI is InChI=1S/C10H13BrClNOS/c1-6(12)3-7(2)13-10(14)8-4-9(11)15-5-8/h4-7H,3H2,1-2H3,(H,13,14). The number of carbonyl (C=O) groups is 1. The molecule has 15 heavy (non-hydrogen) atoms. The van der Waals surface area contributed by atoms with Crippen LogP contribution in [0.25, 0.3) is 0 Å². The number of rotatable bonds is 4. The SMILES string of the molecule is CC(Cl)CC(C)NC(=O)c1csc(Br)c1. The highest BCUT2D eigenvalue weighted by Gasteiger charge is 2.12. The zero-order valence-electron chi connectivity index (χ0n) is 8.59. The lowest BCUT2D eigenvalue weighted by molar-refractivity contribution is 0.0939. The summed E-state index contributed by atoms with van der Waals surface area (Å²) in [5.41, 5.74) is 0.695. The van der Waals surface area contributed by atoms with Gasteiger partial charge < -0.3 is 5.32 Å². The fraction of sp³-hybridized carbons (Fsp3) is 0.500. The van der Waals surface area contributed by atoms with Gasteiger partial charge in [-0.2, -0.15) is 0 Å². The van der Waals surface area contributed by atoms with Crippen LogP contribution in [0.4, 0.5) is 0 Å². The molecule has 0 aliphatic heterocycles. The Morgan fingerprint density at radius 1 is 1.67 bits per heavy atom. The number of alkyl halides is 1. The number of thiophene rings is 1. The van der Waals surface area contributed by atoms with Crippen LogP contribution >= 0.6 is 38.9 Å². The van der Waals surface area contributed by atoms with Gasteiger partial charge in [0.15, 0.2) is 0 Å². The molecule has 0 bridgehead atoms. The van der Waals surface area contributed by atoms with Crippen molar-refractivity contribution in [3.63, 3.8) is 0 Å². The van der Waals surface area contributed by atoms with Gasteiger partial charge in [0.25, 0.3) is 5.91 Å². The van der Waals surface area contributed by atoms with Crippen LogP contribution < -0.4 is 5.32 Å². The van der Waals surface area contributed by atoms with Gasteiger partial charge in [0.1, 0.15) is 0 Å². The Labute approximate surface area is 107 Å². The Bertz CT molecular complexity index is 340. The number of halogens is 2. The van der Waals surface area contributed by atoms with Crippen LogP contribution in [0.3, 0.4) is 0 Å². The van der Waals surface area contributed by atoms with E-state index >= 15 is 0 Å². The van der Waals surface area contributed by atoms with Crippen LogP contribution in [0, 0.1) is 0 Å². The average Bonchev–Trinajstić information content (AvgIpc) is 2.49. The predicted octanol–water partition coefficient (Wildman–Crippen LogP) is 3.65. The Balaban J connectivity index is 2.49. The largest absolute Gasteiger partial charge is 0.350 e. The lowest BCUT2D eigenvalue weighted by Crippen LogP contribution is -2.33. The van der Waals surface area contributed by atoms with Gasteiger partial charge in [-0.25, -0.2) is 0 Å². The number of hydrogen-bond donors (Lipinski definition) is 1. The van der Waals surface area contributed by atoms with Gasteiger partial charge in [-0.15, -0.1) is 22.9 Å². The molecule has 0 spiro atoms. The maximum atomic E-state index is 11.7. The van der Waals surface area contributed by atoms with Gasteiger partial charge in [-0.3, -0.25) is 4.79 Å². The molecule has 0 aliphatic rings. The highest BCUT2D eigenvalue weighted by Crippen LogP contribution is 2.20. The van der Waals surface area contributed by atoms with E-state index in [0.29, 0.717) is 5.56 Å². The quantitative estimate of drug-likeness (QED) is 0.845. The third-order valence-electron chi connectivity index (χ3n) is 1.89. The molecular formula is C10H13BrClNOS. The van der Waals surface area contributed by atoms with E-state index in [2.05, 4.69) is 21.2 Å². The summed E-state index contributed by atoms with van der Waals surface area (Å²) in [6.45, 7) is 3.88. The molecule has 2 unspecified atom stereocenters. The normalized spacial score (nSPS) is 14.7. The third-order valence-corrected chi connectivity index (χ3v) is 3.57. The van der Waals surface area contributed by atoms with Gasteiger partial charge in [-0.05, 0) is 42.3 Å². The van der Waals surface area contributed by atoms with Crippen molar-refractivity contribution in [3.8, 4) is 0 Å². The maximum absolute atomic E-state index is 11.7. The topological polar surface area (TPSA) is 29.1 Å². The van der Waals surface area contributed by atoms with Crippen molar-refractivity contribution in [1.29, 1.82) is 0 Å². The second kappa shape index (κ2) is 5.87. The molecule has 0 fully saturated rings. The minimum absolute atomic E-state index is 0.0400. The van der Waals surface area contributed by atoms with E-state index < -0.39 is 0 Å². The van der Waals surface area contributed by atoms with Crippen molar-refractivity contribution in [3.05, 3.63) is 20.8 Å². The second-order valence-electron chi connectivity index (χ2n) is 3.53. The summed E-state index contributed by atoms with van der Waals surface area (Å²) in [6, 6.07) is 1.92. The molecule has 0 aliphatic carbocycles. The molecule has 1 rings (SSSR count). The van der Waals surface area contributed by atoms with Crippen molar-refractivity contribution < 1.29 is 4.79 Å². The third kappa shape index (κ3) is 4.53. The van der Waals surface area contributed by atoms with Crippen LogP contribution in [0.15, 0.2) is 15.2 Å². The number of carbonyl (C=O) groups excluding carboxylic acids is 1. The fourth-order valence-electron chi connectivity index (χ4n) is 1.28. The monoisotopic (exact) mass is 309 g/mol. The zero-order chi connectivity index (χ0) is 11.4. The molecule has 1 amide bonds. The van der Waals surface area contributed by atoms with E-state index in [0.717, 1.165) is 10.2 Å². The van der Waals surface area contributed by atoms with E-state index in [9.17, 15) is 4.79 Å². The summed E-state index contributed by atoms with van der Waals surface area (Å²) in [6.07, 6.45) is 0.776. The second-order valence-corrected chi connectivity index (χ2v) is 6.57. The lowest BCUT2D eigenvalue weighted by Gasteiger charge is -2.14. The average molecular weight is 311 g/mol. The molecule has 0 aromatic carbocycles. The first-order valence-corrected chi connectivity index (χ1v) is 6.79. The van der Waals surface area contributed by atoms with Crippen LogP contribution in [0.1, 0.15) is 30.6 Å². The summed E-state index contributed by atoms with van der Waals surface area (Å²) in [5, 5.41) is 4.81. The maximum Gasteiger partial charge on any atom is 0.252 e. The summed E-state index contributed by atoms with van der Waals surface area (Å²) >= 11 is 10.7. The van der Waals surface area contributed by atoms with Crippen molar-refractivity contribution >= 4 is 44.8 Å². The molecule has 2 nitrogen and oxygen atoms in total. The molecule has 1 N–H and O–H groups in total. The molecule has 2 atom stereocenters. The van der Waals surface area contributed by atoms with Gasteiger partial charge in [0.05, 0.1) is 9.35 Å². The molecule has 84 valence electrons. The molecule has 0 radical (unpaired) electrons. The number of amides is 1. The molecule has 0 saturated carbocycles. The van der Waals surface area contributed by atoms with Gasteiger partial charge in [0.2, 0.25) is 0 Å². The smallest absolute Gasteiger partial charge is 0.252 e. The Morgan fingerprint density at radius 2 is 2.33 bits per heavy atom. The summed E-state index contributed by atoms with van der Waals surface area (Å²) in [5.74, 6) is -0.0400. The minimum atomic E-state index is -0.0400. The molecule has 1 aromatic heterocycles. The van der Waals surface area contributed by atoms with E-state index in [1.54, 1.807) is 0 Å². The first-order valence-electron chi connectivity index (χ1n) is 4.68. The highest BCUT2D eigenvalue weighted by molar-refractivity contribution is 9.11. The van der Waals surface area contributed by atoms with E-state index in [4.69, 9.17) is 11.6 Å². The predicted molar refractivity (Wildman–Crippen MR) is 68.9 cm³/mol. The van der Waals surface area contributed by atoms with Gasteiger partial charge in [0, 0.05) is 16.8 Å². The minimum Gasteiger partial charge on any atom is -0.350 e. The Morgan fingerprint density at radius 3 is 2.80 bits per heavy atom. The van der Waals surface area contributed by atoms with E-state index in [-0.39, 0.29) is 17.3 Å². The summed E-state index contributed by atoms with van der Waals surface area (Å²) in [4.78, 5) is 11.7. The summed E-state index contributed by atoms with van der Waals surface area (Å²) in [7, 11) is 0. The van der Waals surface area contributed by atoms with E-state index in [1.807, 2.05) is 25.3 Å². The molecule has 0 saturated heterocycles. The van der Waals surface area contributed by atoms with Crippen molar-refractivity contribution in [2.45, 2.75) is 31.7 Å². The molecule has 1 aromatic rings. The first kappa shape index (κ1) is 13.0. The summed E-state index contributed by atoms with van der Waals surface area (Å²) < 4.78 is 0.964. The number of hydrogen-bond acceptors (Lipinski definition) is 2. The number of nitrogens with one attached hydrogen (secondary N) is 1. The molecular weight excluding hydrogens is 298 g/mol. The molecule has 1 heterocycles. The van der Waals surface area contributed by atoms with Crippen LogP contribution in [0.2, 0.25) is 0 Å². The van der Waals surface area contributed by atoms with Crippen molar-refractivity contribution in [2.75, 3.05) is 0 Å². The van der Waals surface area contributed by atoms with Crippen LogP contribution in [-0.4, -0.2) is 17.3 Å². The lowest BCUT2D eigenvalue weighted by atomic mass is 10.2. The zero-order valence-corrected chi connectivity index (χ0v) is 11.7.